The van der Waals surface area contributed by atoms with Crippen molar-refractivity contribution in [2.24, 2.45) is 0 Å². The molecule has 3 rings (SSSR count). The fraction of sp³-hybridized carbons (Fsp3) is 0.364. The molecule has 32 heavy (non-hydrogen) atoms. The standard InChI is InChI=1S/C22H24ClN3O6/c1-3-32-20-12-16(18(26(29)30)13-19(20)31-2)21(27)24-17-11-14(23)7-8-15(17)22(28)25-9-5-4-6-10-25/h7-8,11-13H,3-6,9-10H2,1-2H3,(H,24,27). The largest absolute Gasteiger partial charge is 0.493 e. The molecule has 0 atom stereocenters. The Morgan fingerprint density at radius 1 is 1.12 bits per heavy atom. The summed E-state index contributed by atoms with van der Waals surface area (Å²) >= 11 is 6.10. The zero-order chi connectivity index (χ0) is 23.3. The topological polar surface area (TPSA) is 111 Å². The van der Waals surface area contributed by atoms with Crippen LogP contribution in [-0.4, -0.2) is 48.4 Å². The van der Waals surface area contributed by atoms with Gasteiger partial charge in [0.25, 0.3) is 17.5 Å². The van der Waals surface area contributed by atoms with E-state index in [2.05, 4.69) is 5.32 Å². The summed E-state index contributed by atoms with van der Waals surface area (Å²) in [4.78, 5) is 38.8. The quantitative estimate of drug-likeness (QED) is 0.479. The number of benzene rings is 2. The number of nitrogens with zero attached hydrogens (tertiary/aromatic N) is 2. The van der Waals surface area contributed by atoms with Gasteiger partial charge >= 0.3 is 0 Å². The molecule has 0 spiro atoms. The Bertz CT molecular complexity index is 1040. The summed E-state index contributed by atoms with van der Waals surface area (Å²) in [7, 11) is 1.35. The third kappa shape index (κ3) is 5.11. The first-order valence-corrected chi connectivity index (χ1v) is 10.6. The number of methoxy groups -OCH3 is 1. The van der Waals surface area contributed by atoms with Crippen LogP contribution in [0.1, 0.15) is 46.9 Å². The molecule has 1 saturated heterocycles. The van der Waals surface area contributed by atoms with Gasteiger partial charge in [-0.25, -0.2) is 0 Å². The molecule has 10 heteroatoms. The minimum Gasteiger partial charge on any atom is -0.493 e. The molecule has 0 aromatic heterocycles. The lowest BCUT2D eigenvalue weighted by Crippen LogP contribution is -2.36. The van der Waals surface area contributed by atoms with Gasteiger partial charge in [-0.2, -0.15) is 0 Å². The SMILES string of the molecule is CCOc1cc(C(=O)Nc2cc(Cl)ccc2C(=O)N2CCCCC2)c([N+](=O)[O-])cc1OC. The second-order valence-electron chi connectivity index (χ2n) is 7.21. The van der Waals surface area contributed by atoms with E-state index >= 15 is 0 Å². The van der Waals surface area contributed by atoms with Crippen molar-refractivity contribution in [1.29, 1.82) is 0 Å². The van der Waals surface area contributed by atoms with Crippen molar-refractivity contribution >= 4 is 34.8 Å². The zero-order valence-electron chi connectivity index (χ0n) is 17.9. The van der Waals surface area contributed by atoms with Crippen molar-refractivity contribution < 1.29 is 24.0 Å². The number of nitro groups is 1. The summed E-state index contributed by atoms with van der Waals surface area (Å²) in [5.74, 6) is -0.661. The van der Waals surface area contributed by atoms with E-state index in [0.717, 1.165) is 25.3 Å². The Hall–Kier alpha value is -3.33. The van der Waals surface area contributed by atoms with Crippen LogP contribution in [-0.2, 0) is 0 Å². The molecule has 170 valence electrons. The predicted octanol–water partition coefficient (Wildman–Crippen LogP) is 4.53. The Labute approximate surface area is 190 Å². The maximum Gasteiger partial charge on any atom is 0.286 e. The van der Waals surface area contributed by atoms with E-state index in [0.29, 0.717) is 18.1 Å². The normalized spacial score (nSPS) is 13.4. The van der Waals surface area contributed by atoms with Crippen LogP contribution in [0, 0.1) is 10.1 Å². The number of piperidine rings is 1. The highest BCUT2D eigenvalue weighted by molar-refractivity contribution is 6.31. The maximum absolute atomic E-state index is 13.1. The predicted molar refractivity (Wildman–Crippen MR) is 120 cm³/mol. The summed E-state index contributed by atoms with van der Waals surface area (Å²) in [5.41, 5.74) is -0.226. The molecule has 2 aromatic carbocycles. The second kappa shape index (κ2) is 10.3. The van der Waals surface area contributed by atoms with Crippen LogP contribution in [0.15, 0.2) is 30.3 Å². The average molecular weight is 462 g/mol. The van der Waals surface area contributed by atoms with Crippen LogP contribution in [0.5, 0.6) is 11.5 Å². The van der Waals surface area contributed by atoms with E-state index in [-0.39, 0.29) is 40.8 Å². The van der Waals surface area contributed by atoms with Crippen molar-refractivity contribution in [2.75, 3.05) is 32.1 Å². The fourth-order valence-electron chi connectivity index (χ4n) is 3.57. The number of likely N-dealkylation sites (tertiary alicyclic amines) is 1. The number of anilines is 1. The molecule has 0 aliphatic carbocycles. The van der Waals surface area contributed by atoms with Gasteiger partial charge < -0.3 is 19.7 Å². The van der Waals surface area contributed by atoms with Crippen molar-refractivity contribution in [2.45, 2.75) is 26.2 Å². The van der Waals surface area contributed by atoms with E-state index in [1.807, 2.05) is 0 Å². The minimum absolute atomic E-state index is 0.138. The van der Waals surface area contributed by atoms with Crippen LogP contribution in [0.25, 0.3) is 0 Å². The molecule has 0 saturated carbocycles. The molecule has 2 aromatic rings. The Balaban J connectivity index is 1.98. The van der Waals surface area contributed by atoms with Crippen LogP contribution in [0.2, 0.25) is 5.02 Å². The first kappa shape index (κ1) is 23.3. The first-order valence-electron chi connectivity index (χ1n) is 10.2. The number of hydrogen-bond acceptors (Lipinski definition) is 6. The number of hydrogen-bond donors (Lipinski definition) is 1. The van der Waals surface area contributed by atoms with Crippen molar-refractivity contribution in [3.8, 4) is 11.5 Å². The van der Waals surface area contributed by atoms with E-state index in [4.69, 9.17) is 21.1 Å². The maximum atomic E-state index is 13.1. The molecule has 1 heterocycles. The number of amides is 2. The van der Waals surface area contributed by atoms with Crippen molar-refractivity contribution in [1.82, 2.24) is 4.90 Å². The average Bonchev–Trinajstić information content (AvgIpc) is 2.79. The molecule has 1 fully saturated rings. The van der Waals surface area contributed by atoms with Gasteiger partial charge in [0.2, 0.25) is 0 Å². The Kier molecular flexibility index (Phi) is 7.53. The molecule has 1 aliphatic heterocycles. The van der Waals surface area contributed by atoms with Crippen LogP contribution in [0.3, 0.4) is 0 Å². The molecular weight excluding hydrogens is 438 g/mol. The highest BCUT2D eigenvalue weighted by atomic mass is 35.5. The molecule has 2 amide bonds. The smallest absolute Gasteiger partial charge is 0.286 e. The van der Waals surface area contributed by atoms with E-state index in [1.165, 1.54) is 19.2 Å². The third-order valence-corrected chi connectivity index (χ3v) is 5.36. The monoisotopic (exact) mass is 461 g/mol. The van der Waals surface area contributed by atoms with Gasteiger partial charge in [0.1, 0.15) is 5.56 Å². The van der Waals surface area contributed by atoms with E-state index in [9.17, 15) is 19.7 Å². The summed E-state index contributed by atoms with van der Waals surface area (Å²) in [5, 5.41) is 14.5. The highest BCUT2D eigenvalue weighted by Crippen LogP contribution is 2.35. The summed E-state index contributed by atoms with van der Waals surface area (Å²) < 4.78 is 10.6. The molecule has 0 radical (unpaired) electrons. The lowest BCUT2D eigenvalue weighted by molar-refractivity contribution is -0.385. The second-order valence-corrected chi connectivity index (χ2v) is 7.64. The third-order valence-electron chi connectivity index (χ3n) is 5.13. The molecule has 9 nitrogen and oxygen atoms in total. The molecular formula is C22H24ClN3O6. The van der Waals surface area contributed by atoms with Crippen molar-refractivity contribution in [3.63, 3.8) is 0 Å². The number of carbonyl (C=O) groups excluding carboxylic acids is 2. The minimum atomic E-state index is -0.768. The summed E-state index contributed by atoms with van der Waals surface area (Å²) in [6.45, 7) is 3.29. The van der Waals surface area contributed by atoms with E-state index in [1.54, 1.807) is 24.0 Å². The van der Waals surface area contributed by atoms with Gasteiger partial charge in [-0.3, -0.25) is 19.7 Å². The lowest BCUT2D eigenvalue weighted by atomic mass is 10.1. The molecule has 1 N–H and O–H groups in total. The highest BCUT2D eigenvalue weighted by Gasteiger charge is 2.27. The lowest BCUT2D eigenvalue weighted by Gasteiger charge is -2.27. The van der Waals surface area contributed by atoms with Gasteiger partial charge in [-0.1, -0.05) is 11.6 Å². The zero-order valence-corrected chi connectivity index (χ0v) is 18.6. The van der Waals surface area contributed by atoms with Crippen LogP contribution < -0.4 is 14.8 Å². The Morgan fingerprint density at radius 2 is 1.84 bits per heavy atom. The number of ether oxygens (including phenoxy) is 2. The van der Waals surface area contributed by atoms with Gasteiger partial charge in [0.05, 0.1) is 36.0 Å². The molecule has 0 unspecified atom stereocenters. The summed E-state index contributed by atoms with van der Waals surface area (Å²) in [6.07, 6.45) is 2.90. The first-order chi connectivity index (χ1) is 15.3. The Morgan fingerprint density at radius 3 is 2.47 bits per heavy atom. The van der Waals surface area contributed by atoms with Crippen LogP contribution >= 0.6 is 11.6 Å². The number of nitrogens with one attached hydrogen (secondary N) is 1. The molecule has 1 aliphatic rings. The fourth-order valence-corrected chi connectivity index (χ4v) is 3.75. The summed E-state index contributed by atoms with van der Waals surface area (Å²) in [6, 6.07) is 6.96. The number of carbonyl (C=O) groups is 2. The van der Waals surface area contributed by atoms with E-state index < -0.39 is 16.5 Å². The number of nitro benzene ring substituents is 1. The van der Waals surface area contributed by atoms with Crippen LogP contribution in [0.4, 0.5) is 11.4 Å². The van der Waals surface area contributed by atoms with Gasteiger partial charge in [0, 0.05) is 24.2 Å². The van der Waals surface area contributed by atoms with Crippen molar-refractivity contribution in [3.05, 3.63) is 56.6 Å². The van der Waals surface area contributed by atoms with Gasteiger partial charge in [-0.15, -0.1) is 0 Å². The molecule has 0 bridgehead atoms. The number of rotatable bonds is 7. The number of halogens is 1. The van der Waals surface area contributed by atoms with Gasteiger partial charge in [0.15, 0.2) is 11.5 Å². The van der Waals surface area contributed by atoms with Gasteiger partial charge in [-0.05, 0) is 44.4 Å².